The lowest BCUT2D eigenvalue weighted by Gasteiger charge is -2.32. The van der Waals surface area contributed by atoms with Crippen LogP contribution in [0.15, 0.2) is 18.5 Å². The van der Waals surface area contributed by atoms with Gasteiger partial charge in [-0.05, 0) is 25.7 Å². The second kappa shape index (κ2) is 7.94. The first-order valence-corrected chi connectivity index (χ1v) is 9.70. The van der Waals surface area contributed by atoms with Gasteiger partial charge < -0.3 is 15.0 Å². The van der Waals surface area contributed by atoms with E-state index in [1.165, 1.54) is 0 Å². The summed E-state index contributed by atoms with van der Waals surface area (Å²) in [5.41, 5.74) is 1.80. The monoisotopic (exact) mass is 370 g/mol. The number of aromatic nitrogens is 4. The van der Waals surface area contributed by atoms with Crippen LogP contribution < -0.4 is 15.0 Å². The lowest BCUT2D eigenvalue weighted by atomic mass is 9.94. The Balaban J connectivity index is 1.47. The summed E-state index contributed by atoms with van der Waals surface area (Å²) in [5.74, 6) is 1.75. The standard InChI is InChI=1S/C19H26N6O2/c1-27-16-8-9-20-19(23-16)25-10-4-7-14(12-25)17-15(11-21-24-17)22-18(26)13-5-2-3-6-13/h8-9,11,13-14H,2-7,10,12H2,1H3,(H,21,24)(H,22,26)/t14-/m0/s1. The highest BCUT2D eigenvalue weighted by atomic mass is 16.5. The lowest BCUT2D eigenvalue weighted by Crippen LogP contribution is -2.36. The molecule has 144 valence electrons. The second-order valence-corrected chi connectivity index (χ2v) is 7.35. The van der Waals surface area contributed by atoms with E-state index in [4.69, 9.17) is 4.74 Å². The van der Waals surface area contributed by atoms with E-state index in [0.717, 1.165) is 63.0 Å². The topological polar surface area (TPSA) is 96.0 Å². The third kappa shape index (κ3) is 3.89. The van der Waals surface area contributed by atoms with Crippen molar-refractivity contribution in [1.82, 2.24) is 20.2 Å². The average Bonchev–Trinajstić information content (AvgIpc) is 3.40. The van der Waals surface area contributed by atoms with Crippen molar-refractivity contribution in [3.63, 3.8) is 0 Å². The van der Waals surface area contributed by atoms with Crippen molar-refractivity contribution in [2.75, 3.05) is 30.4 Å². The van der Waals surface area contributed by atoms with Crippen LogP contribution in [0.2, 0.25) is 0 Å². The predicted molar refractivity (Wildman–Crippen MR) is 102 cm³/mol. The largest absolute Gasteiger partial charge is 0.481 e. The number of nitrogens with one attached hydrogen (secondary N) is 2. The number of nitrogens with zero attached hydrogens (tertiary/aromatic N) is 4. The van der Waals surface area contributed by atoms with Crippen LogP contribution in [0.1, 0.15) is 50.1 Å². The molecule has 2 aromatic rings. The molecule has 0 spiro atoms. The number of carbonyl (C=O) groups excluding carboxylic acids is 1. The summed E-state index contributed by atoms with van der Waals surface area (Å²) in [7, 11) is 1.61. The Morgan fingerprint density at radius 2 is 2.15 bits per heavy atom. The van der Waals surface area contributed by atoms with Crippen molar-refractivity contribution >= 4 is 17.5 Å². The highest BCUT2D eigenvalue weighted by molar-refractivity contribution is 5.93. The SMILES string of the molecule is COc1ccnc(N2CCC[C@H](c3[nH]ncc3NC(=O)C3CCCC3)C2)n1. The van der Waals surface area contributed by atoms with Gasteiger partial charge in [0.15, 0.2) is 0 Å². The third-order valence-electron chi connectivity index (χ3n) is 5.59. The van der Waals surface area contributed by atoms with Crippen LogP contribution in [-0.2, 0) is 4.79 Å². The summed E-state index contributed by atoms with van der Waals surface area (Å²) in [4.78, 5) is 23.5. The number of rotatable bonds is 5. The van der Waals surface area contributed by atoms with Crippen molar-refractivity contribution in [3.05, 3.63) is 24.2 Å². The maximum absolute atomic E-state index is 12.5. The van der Waals surface area contributed by atoms with Crippen molar-refractivity contribution in [2.45, 2.75) is 44.4 Å². The summed E-state index contributed by atoms with van der Waals surface area (Å²) in [6.45, 7) is 1.68. The summed E-state index contributed by atoms with van der Waals surface area (Å²) in [6, 6.07) is 1.75. The van der Waals surface area contributed by atoms with E-state index in [9.17, 15) is 4.79 Å². The quantitative estimate of drug-likeness (QED) is 0.840. The summed E-state index contributed by atoms with van der Waals surface area (Å²) in [6.07, 6.45) is 9.78. The number of carbonyl (C=O) groups is 1. The molecule has 1 aliphatic heterocycles. The molecule has 2 fully saturated rings. The summed E-state index contributed by atoms with van der Waals surface area (Å²) in [5, 5.41) is 10.4. The third-order valence-corrected chi connectivity index (χ3v) is 5.59. The molecule has 0 unspecified atom stereocenters. The molecule has 4 rings (SSSR count). The number of amides is 1. The number of piperidine rings is 1. The lowest BCUT2D eigenvalue weighted by molar-refractivity contribution is -0.119. The molecule has 1 atom stereocenters. The fourth-order valence-corrected chi connectivity index (χ4v) is 4.12. The van der Waals surface area contributed by atoms with Crippen LogP contribution in [0.25, 0.3) is 0 Å². The Labute approximate surface area is 158 Å². The molecule has 1 saturated heterocycles. The van der Waals surface area contributed by atoms with E-state index in [2.05, 4.69) is 30.4 Å². The number of hydrogen-bond donors (Lipinski definition) is 2. The van der Waals surface area contributed by atoms with Crippen molar-refractivity contribution in [2.24, 2.45) is 5.92 Å². The molecule has 8 heteroatoms. The van der Waals surface area contributed by atoms with Gasteiger partial charge in [-0.25, -0.2) is 4.98 Å². The highest BCUT2D eigenvalue weighted by Gasteiger charge is 2.28. The zero-order chi connectivity index (χ0) is 18.6. The minimum Gasteiger partial charge on any atom is -0.481 e. The molecule has 27 heavy (non-hydrogen) atoms. The smallest absolute Gasteiger partial charge is 0.228 e. The van der Waals surface area contributed by atoms with Gasteiger partial charge >= 0.3 is 0 Å². The Hall–Kier alpha value is -2.64. The molecule has 2 aromatic heterocycles. The normalized spacial score (nSPS) is 20.6. The van der Waals surface area contributed by atoms with Gasteiger partial charge in [0.1, 0.15) is 0 Å². The predicted octanol–water partition coefficient (Wildman–Crippen LogP) is 2.72. The molecule has 3 heterocycles. The second-order valence-electron chi connectivity index (χ2n) is 7.35. The van der Waals surface area contributed by atoms with Crippen LogP contribution in [0.5, 0.6) is 5.88 Å². The Morgan fingerprint density at radius 3 is 2.96 bits per heavy atom. The van der Waals surface area contributed by atoms with Crippen LogP contribution in [-0.4, -0.2) is 46.3 Å². The number of H-pyrrole nitrogens is 1. The van der Waals surface area contributed by atoms with Crippen LogP contribution in [0, 0.1) is 5.92 Å². The Kier molecular flexibility index (Phi) is 5.22. The van der Waals surface area contributed by atoms with Crippen LogP contribution in [0.4, 0.5) is 11.6 Å². The number of aromatic amines is 1. The van der Waals surface area contributed by atoms with Crippen molar-refractivity contribution < 1.29 is 9.53 Å². The Bertz CT molecular complexity index is 786. The molecule has 1 saturated carbocycles. The van der Waals surface area contributed by atoms with Gasteiger partial charge in [-0.1, -0.05) is 12.8 Å². The number of ether oxygens (including phenoxy) is 1. The van der Waals surface area contributed by atoms with Gasteiger partial charge in [0, 0.05) is 37.2 Å². The molecule has 0 radical (unpaired) electrons. The van der Waals surface area contributed by atoms with E-state index in [1.807, 2.05) is 0 Å². The van der Waals surface area contributed by atoms with Gasteiger partial charge in [0.05, 0.1) is 24.7 Å². The van der Waals surface area contributed by atoms with E-state index in [-0.39, 0.29) is 17.7 Å². The number of anilines is 2. The fourth-order valence-electron chi connectivity index (χ4n) is 4.12. The number of hydrogen-bond acceptors (Lipinski definition) is 6. The molecular formula is C19H26N6O2. The molecular weight excluding hydrogens is 344 g/mol. The highest BCUT2D eigenvalue weighted by Crippen LogP contribution is 2.33. The first-order valence-electron chi connectivity index (χ1n) is 9.70. The first-order chi connectivity index (χ1) is 13.2. The maximum atomic E-state index is 12.5. The van der Waals surface area contributed by atoms with Gasteiger partial charge in [0.25, 0.3) is 0 Å². The van der Waals surface area contributed by atoms with Crippen molar-refractivity contribution in [1.29, 1.82) is 0 Å². The zero-order valence-electron chi connectivity index (χ0n) is 15.6. The summed E-state index contributed by atoms with van der Waals surface area (Å²) < 4.78 is 5.21. The molecule has 0 bridgehead atoms. The molecule has 1 aliphatic carbocycles. The first kappa shape index (κ1) is 17.8. The van der Waals surface area contributed by atoms with E-state index >= 15 is 0 Å². The van der Waals surface area contributed by atoms with Crippen molar-refractivity contribution in [3.8, 4) is 5.88 Å². The van der Waals surface area contributed by atoms with E-state index < -0.39 is 0 Å². The average molecular weight is 370 g/mol. The molecule has 2 aliphatic rings. The van der Waals surface area contributed by atoms with Gasteiger partial charge in [-0.15, -0.1) is 0 Å². The van der Waals surface area contributed by atoms with Crippen LogP contribution in [0.3, 0.4) is 0 Å². The van der Waals surface area contributed by atoms with Gasteiger partial charge in [-0.3, -0.25) is 9.89 Å². The van der Waals surface area contributed by atoms with E-state index in [0.29, 0.717) is 11.8 Å². The molecule has 8 nitrogen and oxygen atoms in total. The minimum atomic E-state index is 0.124. The molecule has 2 N–H and O–H groups in total. The number of methoxy groups -OCH3 is 1. The maximum Gasteiger partial charge on any atom is 0.228 e. The minimum absolute atomic E-state index is 0.124. The van der Waals surface area contributed by atoms with E-state index in [1.54, 1.807) is 25.6 Å². The van der Waals surface area contributed by atoms with Gasteiger partial charge in [-0.2, -0.15) is 10.1 Å². The fraction of sp³-hybridized carbons (Fsp3) is 0.579. The Morgan fingerprint density at radius 1 is 1.30 bits per heavy atom. The molecule has 0 aromatic carbocycles. The van der Waals surface area contributed by atoms with Crippen LogP contribution >= 0.6 is 0 Å². The zero-order valence-corrected chi connectivity index (χ0v) is 15.6. The summed E-state index contributed by atoms with van der Waals surface area (Å²) >= 11 is 0. The van der Waals surface area contributed by atoms with Gasteiger partial charge in [0.2, 0.25) is 17.7 Å². The molecule has 1 amide bonds.